The van der Waals surface area contributed by atoms with Gasteiger partial charge in [0.1, 0.15) is 16.4 Å². The average molecular weight is 402 g/mol. The van der Waals surface area contributed by atoms with Crippen molar-refractivity contribution in [2.75, 3.05) is 6.54 Å². The average Bonchev–Trinajstić information content (AvgIpc) is 3.37. The molecule has 1 aromatic carbocycles. The van der Waals surface area contributed by atoms with E-state index in [0.29, 0.717) is 36.8 Å². The molecular formula is C19H19FN4O3S. The molecule has 1 aliphatic rings. The number of aromatic nitrogens is 3. The molecule has 146 valence electrons. The van der Waals surface area contributed by atoms with Crippen LogP contribution in [0.5, 0.6) is 0 Å². The summed E-state index contributed by atoms with van der Waals surface area (Å²) < 4.78 is 46.5. The van der Waals surface area contributed by atoms with E-state index < -0.39 is 15.8 Å². The Kier molecular flexibility index (Phi) is 5.19. The first-order valence-corrected chi connectivity index (χ1v) is 10.5. The van der Waals surface area contributed by atoms with Gasteiger partial charge in [-0.15, -0.1) is 0 Å². The van der Waals surface area contributed by atoms with Crippen LogP contribution >= 0.6 is 0 Å². The molecule has 0 saturated carbocycles. The van der Waals surface area contributed by atoms with Crippen molar-refractivity contribution < 1.29 is 17.3 Å². The zero-order chi connectivity index (χ0) is 19.6. The Balaban J connectivity index is 1.47. The molecule has 3 heterocycles. The standard InChI is InChI=1S/C19H19FN4O3S/c20-15-7-1-2-9-17(15)28(25,26)24-13-5-6-14(24)10-11-18-22-19(27-23-18)16-8-3-4-12-21-16/h1-4,7-9,12,14H,5-6,10-11,13H2. The number of nitrogens with zero attached hydrogens (tertiary/aromatic N) is 4. The SMILES string of the molecule is O=S(=O)(c1ccccc1F)N1CCCC1CCc1noc(-c2ccccn2)n1. The van der Waals surface area contributed by atoms with Crippen molar-refractivity contribution >= 4 is 10.0 Å². The van der Waals surface area contributed by atoms with E-state index >= 15 is 0 Å². The molecule has 28 heavy (non-hydrogen) atoms. The van der Waals surface area contributed by atoms with Gasteiger partial charge in [0.25, 0.3) is 5.89 Å². The molecule has 0 aliphatic carbocycles. The summed E-state index contributed by atoms with van der Waals surface area (Å²) in [5.74, 6) is 0.0972. The Morgan fingerprint density at radius 3 is 2.79 bits per heavy atom. The van der Waals surface area contributed by atoms with Gasteiger partial charge >= 0.3 is 0 Å². The van der Waals surface area contributed by atoms with Gasteiger partial charge in [0.05, 0.1) is 0 Å². The molecule has 4 rings (SSSR count). The third kappa shape index (κ3) is 3.67. The first-order valence-electron chi connectivity index (χ1n) is 9.06. The maximum absolute atomic E-state index is 14.0. The fourth-order valence-electron chi connectivity index (χ4n) is 3.44. The second-order valence-electron chi connectivity index (χ2n) is 6.61. The highest BCUT2D eigenvalue weighted by atomic mass is 32.2. The zero-order valence-electron chi connectivity index (χ0n) is 15.0. The Morgan fingerprint density at radius 1 is 1.18 bits per heavy atom. The van der Waals surface area contributed by atoms with Crippen LogP contribution < -0.4 is 0 Å². The molecule has 3 aromatic rings. The maximum atomic E-state index is 14.0. The third-order valence-electron chi connectivity index (χ3n) is 4.80. The van der Waals surface area contributed by atoms with Crippen molar-refractivity contribution in [3.05, 3.63) is 60.3 Å². The third-order valence-corrected chi connectivity index (χ3v) is 6.78. The fourth-order valence-corrected chi connectivity index (χ4v) is 5.23. The van der Waals surface area contributed by atoms with E-state index in [1.54, 1.807) is 18.3 Å². The van der Waals surface area contributed by atoms with Crippen LogP contribution in [0, 0.1) is 5.82 Å². The van der Waals surface area contributed by atoms with Crippen LogP contribution in [0.1, 0.15) is 25.1 Å². The summed E-state index contributed by atoms with van der Waals surface area (Å²) >= 11 is 0. The number of sulfonamides is 1. The van der Waals surface area contributed by atoms with Gasteiger partial charge < -0.3 is 4.52 Å². The topological polar surface area (TPSA) is 89.2 Å². The minimum Gasteiger partial charge on any atom is -0.332 e. The fraction of sp³-hybridized carbons (Fsp3) is 0.316. The van der Waals surface area contributed by atoms with Gasteiger partial charge in [0.2, 0.25) is 10.0 Å². The van der Waals surface area contributed by atoms with Gasteiger partial charge in [-0.25, -0.2) is 12.8 Å². The largest absolute Gasteiger partial charge is 0.332 e. The smallest absolute Gasteiger partial charge is 0.276 e. The Morgan fingerprint density at radius 2 is 2.00 bits per heavy atom. The molecule has 1 atom stereocenters. The molecule has 1 saturated heterocycles. The Labute approximate surface area is 162 Å². The lowest BCUT2D eigenvalue weighted by Gasteiger charge is -2.24. The van der Waals surface area contributed by atoms with Crippen molar-refractivity contribution in [3.8, 4) is 11.6 Å². The summed E-state index contributed by atoms with van der Waals surface area (Å²) in [5.41, 5.74) is 0.589. The number of rotatable bonds is 6. The summed E-state index contributed by atoms with van der Waals surface area (Å²) in [6.07, 6.45) is 4.10. The van der Waals surface area contributed by atoms with Crippen LogP contribution in [-0.2, 0) is 16.4 Å². The lowest BCUT2D eigenvalue weighted by atomic mass is 10.1. The van der Waals surface area contributed by atoms with Crippen molar-refractivity contribution in [1.82, 2.24) is 19.4 Å². The normalized spacial score (nSPS) is 17.8. The minimum absolute atomic E-state index is 0.221. The highest BCUT2D eigenvalue weighted by molar-refractivity contribution is 7.89. The molecule has 0 N–H and O–H groups in total. The molecular weight excluding hydrogens is 383 g/mol. The van der Waals surface area contributed by atoms with Crippen molar-refractivity contribution in [3.63, 3.8) is 0 Å². The van der Waals surface area contributed by atoms with Crippen LogP contribution in [0.4, 0.5) is 4.39 Å². The molecule has 0 bridgehead atoms. The van der Waals surface area contributed by atoms with Gasteiger partial charge in [0.15, 0.2) is 5.82 Å². The van der Waals surface area contributed by atoms with Crippen LogP contribution in [-0.4, -0.2) is 40.4 Å². The number of benzene rings is 1. The van der Waals surface area contributed by atoms with E-state index in [9.17, 15) is 12.8 Å². The van der Waals surface area contributed by atoms with E-state index in [4.69, 9.17) is 4.52 Å². The lowest BCUT2D eigenvalue weighted by Crippen LogP contribution is -2.36. The van der Waals surface area contributed by atoms with Gasteiger partial charge in [-0.2, -0.15) is 9.29 Å². The van der Waals surface area contributed by atoms with E-state index in [0.717, 1.165) is 18.9 Å². The second kappa shape index (κ2) is 7.76. The molecule has 1 unspecified atom stereocenters. The summed E-state index contributed by atoms with van der Waals surface area (Å²) in [7, 11) is -3.88. The molecule has 7 nitrogen and oxygen atoms in total. The summed E-state index contributed by atoms with van der Waals surface area (Å²) in [5, 5.41) is 3.96. The number of hydrogen-bond acceptors (Lipinski definition) is 6. The zero-order valence-corrected chi connectivity index (χ0v) is 15.8. The summed E-state index contributed by atoms with van der Waals surface area (Å²) in [6, 6.07) is 10.7. The predicted octanol–water partition coefficient (Wildman–Crippen LogP) is 3.06. The molecule has 2 aromatic heterocycles. The predicted molar refractivity (Wildman–Crippen MR) is 99.2 cm³/mol. The monoisotopic (exact) mass is 402 g/mol. The highest BCUT2D eigenvalue weighted by Gasteiger charge is 2.36. The Hall–Kier alpha value is -2.65. The van der Waals surface area contributed by atoms with Gasteiger partial charge in [0, 0.05) is 25.2 Å². The summed E-state index contributed by atoms with van der Waals surface area (Å²) in [4.78, 5) is 8.22. The van der Waals surface area contributed by atoms with Crippen molar-refractivity contribution in [2.24, 2.45) is 0 Å². The molecule has 0 radical (unpaired) electrons. The Bertz CT molecular complexity index is 1060. The number of aryl methyl sites for hydroxylation is 1. The summed E-state index contributed by atoms with van der Waals surface area (Å²) in [6.45, 7) is 0.382. The van der Waals surface area contributed by atoms with Gasteiger partial charge in [-0.3, -0.25) is 4.98 Å². The van der Waals surface area contributed by atoms with E-state index in [1.165, 1.54) is 22.5 Å². The van der Waals surface area contributed by atoms with Crippen LogP contribution in [0.25, 0.3) is 11.6 Å². The number of hydrogen-bond donors (Lipinski definition) is 0. The molecule has 1 aliphatic heterocycles. The van der Waals surface area contributed by atoms with E-state index in [1.807, 2.05) is 6.07 Å². The van der Waals surface area contributed by atoms with E-state index in [2.05, 4.69) is 15.1 Å². The number of halogens is 1. The first-order chi connectivity index (χ1) is 13.6. The number of pyridine rings is 1. The highest BCUT2D eigenvalue weighted by Crippen LogP contribution is 2.29. The first kappa shape index (κ1) is 18.7. The van der Waals surface area contributed by atoms with Crippen molar-refractivity contribution in [2.45, 2.75) is 36.6 Å². The van der Waals surface area contributed by atoms with Crippen LogP contribution in [0.3, 0.4) is 0 Å². The van der Waals surface area contributed by atoms with Crippen LogP contribution in [0.15, 0.2) is 58.1 Å². The lowest BCUT2D eigenvalue weighted by molar-refractivity contribution is 0.362. The molecule has 0 spiro atoms. The quantitative estimate of drug-likeness (QED) is 0.630. The minimum atomic E-state index is -3.88. The maximum Gasteiger partial charge on any atom is 0.276 e. The van der Waals surface area contributed by atoms with Crippen LogP contribution in [0.2, 0.25) is 0 Å². The molecule has 1 fully saturated rings. The van der Waals surface area contributed by atoms with E-state index in [-0.39, 0.29) is 10.9 Å². The van der Waals surface area contributed by atoms with Gasteiger partial charge in [-0.05, 0) is 43.5 Å². The second-order valence-corrected chi connectivity index (χ2v) is 8.47. The van der Waals surface area contributed by atoms with Gasteiger partial charge in [-0.1, -0.05) is 23.4 Å². The molecule has 0 amide bonds. The van der Waals surface area contributed by atoms with Crippen molar-refractivity contribution in [1.29, 1.82) is 0 Å². The molecule has 9 heteroatoms.